The maximum Gasteiger partial charge on any atom is 0.331 e. The minimum Gasteiger partial charge on any atom is -0.478 e. The standard InChI is InChI=1S/C12H13NO3/c14-11-9(6-3-7-13-11)8-4-1-2-5-10(8)12(15)16/h3,6-7H,1-2,4-5H2,(H,13,14)(H,15,16). The summed E-state index contributed by atoms with van der Waals surface area (Å²) in [4.78, 5) is 25.3. The number of H-pyrrole nitrogens is 1. The lowest BCUT2D eigenvalue weighted by atomic mass is 9.88. The summed E-state index contributed by atoms with van der Waals surface area (Å²) in [6.45, 7) is 0. The maximum atomic E-state index is 11.6. The zero-order valence-corrected chi connectivity index (χ0v) is 8.82. The van der Waals surface area contributed by atoms with Crippen LogP contribution >= 0.6 is 0 Å². The fourth-order valence-electron chi connectivity index (χ4n) is 2.10. The first kappa shape index (κ1) is 10.7. The van der Waals surface area contributed by atoms with Gasteiger partial charge in [-0.15, -0.1) is 0 Å². The molecule has 0 aliphatic heterocycles. The van der Waals surface area contributed by atoms with Gasteiger partial charge < -0.3 is 10.1 Å². The van der Waals surface area contributed by atoms with E-state index < -0.39 is 5.97 Å². The van der Waals surface area contributed by atoms with E-state index in [1.165, 1.54) is 0 Å². The van der Waals surface area contributed by atoms with Crippen molar-refractivity contribution in [2.75, 3.05) is 0 Å². The topological polar surface area (TPSA) is 70.2 Å². The molecule has 4 heteroatoms. The number of allylic oxidation sites excluding steroid dienone is 1. The van der Waals surface area contributed by atoms with Gasteiger partial charge in [-0.3, -0.25) is 4.79 Å². The summed E-state index contributed by atoms with van der Waals surface area (Å²) >= 11 is 0. The molecule has 1 aliphatic carbocycles. The average molecular weight is 219 g/mol. The van der Waals surface area contributed by atoms with Gasteiger partial charge in [-0.05, 0) is 43.4 Å². The molecule has 0 atom stereocenters. The number of aliphatic carboxylic acids is 1. The molecule has 0 saturated heterocycles. The lowest BCUT2D eigenvalue weighted by molar-refractivity contribution is -0.132. The van der Waals surface area contributed by atoms with Gasteiger partial charge in [0.05, 0.1) is 0 Å². The molecule has 0 radical (unpaired) electrons. The first-order valence-electron chi connectivity index (χ1n) is 5.33. The number of carboxylic acid groups (broad SMARTS) is 1. The summed E-state index contributed by atoms with van der Waals surface area (Å²) in [5.74, 6) is -0.905. The minimum absolute atomic E-state index is 0.210. The zero-order chi connectivity index (χ0) is 11.5. The van der Waals surface area contributed by atoms with E-state index >= 15 is 0 Å². The summed E-state index contributed by atoms with van der Waals surface area (Å²) < 4.78 is 0. The number of nitrogens with one attached hydrogen (secondary N) is 1. The van der Waals surface area contributed by atoms with E-state index in [1.54, 1.807) is 18.3 Å². The van der Waals surface area contributed by atoms with Crippen molar-refractivity contribution in [3.63, 3.8) is 0 Å². The van der Waals surface area contributed by atoms with Gasteiger partial charge in [-0.2, -0.15) is 0 Å². The van der Waals surface area contributed by atoms with Gasteiger partial charge in [0.15, 0.2) is 0 Å². The van der Waals surface area contributed by atoms with Crippen molar-refractivity contribution in [2.24, 2.45) is 0 Å². The number of carbonyl (C=O) groups is 1. The molecule has 1 aliphatic rings. The van der Waals surface area contributed by atoms with Gasteiger partial charge in [0, 0.05) is 17.3 Å². The van der Waals surface area contributed by atoms with Crippen LogP contribution in [0.25, 0.3) is 5.57 Å². The smallest absolute Gasteiger partial charge is 0.331 e. The van der Waals surface area contributed by atoms with Gasteiger partial charge in [0.2, 0.25) is 0 Å². The van der Waals surface area contributed by atoms with E-state index in [1.807, 2.05) is 0 Å². The van der Waals surface area contributed by atoms with Crippen LogP contribution in [0.15, 0.2) is 28.7 Å². The van der Waals surface area contributed by atoms with Crippen molar-refractivity contribution in [1.29, 1.82) is 0 Å². The predicted molar refractivity (Wildman–Crippen MR) is 60.1 cm³/mol. The predicted octanol–water partition coefficient (Wildman–Crippen LogP) is 1.79. The lowest BCUT2D eigenvalue weighted by Gasteiger charge is -2.16. The van der Waals surface area contributed by atoms with Crippen LogP contribution in [0, 0.1) is 0 Å². The Morgan fingerprint density at radius 3 is 2.75 bits per heavy atom. The largest absolute Gasteiger partial charge is 0.478 e. The molecule has 0 bridgehead atoms. The highest BCUT2D eigenvalue weighted by Crippen LogP contribution is 2.30. The molecule has 1 aromatic rings. The Bertz CT molecular complexity index is 499. The van der Waals surface area contributed by atoms with Gasteiger partial charge in [0.1, 0.15) is 0 Å². The van der Waals surface area contributed by atoms with Gasteiger partial charge in [0.25, 0.3) is 5.56 Å². The van der Waals surface area contributed by atoms with Crippen molar-refractivity contribution in [3.05, 3.63) is 39.8 Å². The molecule has 0 amide bonds. The molecule has 0 unspecified atom stereocenters. The molecule has 0 saturated carbocycles. The summed E-state index contributed by atoms with van der Waals surface area (Å²) in [6, 6.07) is 3.40. The molecule has 84 valence electrons. The number of aromatic amines is 1. The van der Waals surface area contributed by atoms with Crippen LogP contribution in [0.4, 0.5) is 0 Å². The second-order valence-electron chi connectivity index (χ2n) is 3.88. The Morgan fingerprint density at radius 2 is 2.06 bits per heavy atom. The third kappa shape index (κ3) is 1.91. The van der Waals surface area contributed by atoms with Crippen molar-refractivity contribution in [1.82, 2.24) is 4.98 Å². The summed E-state index contributed by atoms with van der Waals surface area (Å²) in [7, 11) is 0. The monoisotopic (exact) mass is 219 g/mol. The van der Waals surface area contributed by atoms with E-state index in [0.29, 0.717) is 29.6 Å². The summed E-state index contributed by atoms with van der Waals surface area (Å²) in [6.07, 6.45) is 4.61. The molecule has 4 nitrogen and oxygen atoms in total. The normalized spacial score (nSPS) is 16.2. The second-order valence-corrected chi connectivity index (χ2v) is 3.88. The Morgan fingerprint density at radius 1 is 1.31 bits per heavy atom. The molecule has 0 fully saturated rings. The van der Waals surface area contributed by atoms with E-state index in [-0.39, 0.29) is 5.56 Å². The van der Waals surface area contributed by atoms with Gasteiger partial charge in [-0.25, -0.2) is 4.79 Å². The van der Waals surface area contributed by atoms with Crippen LogP contribution in [0.2, 0.25) is 0 Å². The van der Waals surface area contributed by atoms with Crippen LogP contribution in [0.3, 0.4) is 0 Å². The fourth-order valence-corrected chi connectivity index (χ4v) is 2.10. The Hall–Kier alpha value is -1.84. The first-order chi connectivity index (χ1) is 7.70. The van der Waals surface area contributed by atoms with E-state index in [4.69, 9.17) is 5.11 Å². The highest BCUT2D eigenvalue weighted by Gasteiger charge is 2.20. The molecule has 2 N–H and O–H groups in total. The number of rotatable bonds is 2. The van der Waals surface area contributed by atoms with E-state index in [9.17, 15) is 9.59 Å². The molecule has 2 rings (SSSR count). The molecule has 0 spiro atoms. The quantitative estimate of drug-likeness (QED) is 0.796. The number of aromatic nitrogens is 1. The highest BCUT2D eigenvalue weighted by molar-refractivity contribution is 5.96. The third-order valence-corrected chi connectivity index (χ3v) is 2.87. The van der Waals surface area contributed by atoms with Crippen molar-refractivity contribution in [2.45, 2.75) is 25.7 Å². The Balaban J connectivity index is 2.56. The van der Waals surface area contributed by atoms with Crippen LogP contribution in [-0.4, -0.2) is 16.1 Å². The number of carboxylic acids is 1. The Labute approximate surface area is 92.6 Å². The van der Waals surface area contributed by atoms with Crippen LogP contribution in [0.1, 0.15) is 31.2 Å². The van der Waals surface area contributed by atoms with Gasteiger partial charge in [-0.1, -0.05) is 0 Å². The van der Waals surface area contributed by atoms with Crippen LogP contribution in [-0.2, 0) is 4.79 Å². The van der Waals surface area contributed by atoms with E-state index in [0.717, 1.165) is 12.8 Å². The van der Waals surface area contributed by atoms with Crippen molar-refractivity contribution >= 4 is 11.5 Å². The number of hydrogen-bond donors (Lipinski definition) is 2. The van der Waals surface area contributed by atoms with Crippen molar-refractivity contribution < 1.29 is 9.90 Å². The first-order valence-corrected chi connectivity index (χ1v) is 5.33. The van der Waals surface area contributed by atoms with Crippen LogP contribution < -0.4 is 5.56 Å². The van der Waals surface area contributed by atoms with Crippen LogP contribution in [0.5, 0.6) is 0 Å². The molecular formula is C12H13NO3. The molecular weight excluding hydrogens is 206 g/mol. The highest BCUT2D eigenvalue weighted by atomic mass is 16.4. The SMILES string of the molecule is O=C(O)C1=C(c2ccc[nH]c2=O)CCCC1. The lowest BCUT2D eigenvalue weighted by Crippen LogP contribution is -2.16. The zero-order valence-electron chi connectivity index (χ0n) is 8.82. The molecule has 16 heavy (non-hydrogen) atoms. The molecule has 0 aromatic carbocycles. The molecule has 1 aromatic heterocycles. The Kier molecular flexibility index (Phi) is 2.90. The second kappa shape index (κ2) is 4.35. The number of pyridine rings is 1. The van der Waals surface area contributed by atoms with Crippen molar-refractivity contribution in [3.8, 4) is 0 Å². The maximum absolute atomic E-state index is 11.6. The summed E-state index contributed by atoms with van der Waals surface area (Å²) in [5.41, 5.74) is 1.38. The average Bonchev–Trinajstić information content (AvgIpc) is 2.29. The summed E-state index contributed by atoms with van der Waals surface area (Å²) in [5, 5.41) is 9.09. The van der Waals surface area contributed by atoms with Gasteiger partial charge >= 0.3 is 5.97 Å². The minimum atomic E-state index is -0.905. The third-order valence-electron chi connectivity index (χ3n) is 2.87. The fraction of sp³-hybridized carbons (Fsp3) is 0.333. The number of hydrogen-bond acceptors (Lipinski definition) is 2. The molecule has 1 heterocycles. The van der Waals surface area contributed by atoms with E-state index in [2.05, 4.69) is 4.98 Å².